The Morgan fingerprint density at radius 3 is 2.22 bits per heavy atom. The van der Waals surface area contributed by atoms with Gasteiger partial charge in [0.25, 0.3) is 0 Å². The molecule has 4 rings (SSSR count). The summed E-state index contributed by atoms with van der Waals surface area (Å²) in [5, 5.41) is 2.62. The van der Waals surface area contributed by atoms with Crippen LogP contribution < -0.4 is 0 Å². The number of rotatable bonds is 0. The summed E-state index contributed by atoms with van der Waals surface area (Å²) < 4.78 is 0. The quantitative estimate of drug-likeness (QED) is 0.425. The molecule has 0 nitrogen and oxygen atoms in total. The Balaban J connectivity index is 1.92. The Bertz CT molecular complexity index is 683. The van der Waals surface area contributed by atoms with Gasteiger partial charge in [0.15, 0.2) is 0 Å². The summed E-state index contributed by atoms with van der Waals surface area (Å²) in [4.78, 5) is 5.25. The summed E-state index contributed by atoms with van der Waals surface area (Å²) >= 11 is 3.67. The molecule has 0 saturated heterocycles. The highest BCUT2D eigenvalue weighted by atomic mass is 32.2. The molecule has 0 spiro atoms. The average molecular weight is 265 g/mol. The molecule has 0 unspecified atom stereocenters. The highest BCUT2D eigenvalue weighted by Gasteiger charge is 2.17. The van der Waals surface area contributed by atoms with Crippen LogP contribution in [0.2, 0.25) is 0 Å². The van der Waals surface area contributed by atoms with Crippen LogP contribution in [-0.2, 0) is 0 Å². The number of fused-ring (bicyclic) bond motifs is 3. The van der Waals surface area contributed by atoms with Crippen LogP contribution in [-0.4, -0.2) is 0 Å². The molecule has 1 heterocycles. The Morgan fingerprint density at radius 1 is 0.722 bits per heavy atom. The van der Waals surface area contributed by atoms with Gasteiger partial charge >= 0.3 is 0 Å². The molecule has 18 heavy (non-hydrogen) atoms. The number of hydrogen-bond acceptors (Lipinski definition) is 2. The largest absolute Gasteiger partial charge is 0.0877 e. The minimum Gasteiger partial charge on any atom is -0.0877 e. The van der Waals surface area contributed by atoms with Crippen LogP contribution in [0.1, 0.15) is 0 Å². The van der Waals surface area contributed by atoms with E-state index in [1.165, 1.54) is 30.4 Å². The lowest BCUT2D eigenvalue weighted by Crippen LogP contribution is -1.89. The molecule has 2 heteroatoms. The molecule has 0 saturated carbocycles. The Hall–Kier alpha value is -1.38. The molecular weight excluding hydrogens is 256 g/mol. The van der Waals surface area contributed by atoms with E-state index >= 15 is 0 Å². The topological polar surface area (TPSA) is 0 Å². The maximum atomic E-state index is 3.32. The van der Waals surface area contributed by atoms with Crippen molar-refractivity contribution in [1.29, 1.82) is 0 Å². The summed E-state index contributed by atoms with van der Waals surface area (Å²) in [6, 6.07) is 22.6. The molecule has 85 valence electrons. The predicted molar refractivity (Wildman–Crippen MR) is 77.5 cm³/mol. The van der Waals surface area contributed by atoms with E-state index in [-0.39, 0.29) is 0 Å². The first-order valence-corrected chi connectivity index (χ1v) is 7.43. The average Bonchev–Trinajstić information content (AvgIpc) is 2.42. The van der Waals surface area contributed by atoms with Gasteiger partial charge in [-0.1, -0.05) is 59.9 Å². The molecule has 3 aromatic carbocycles. The third-order valence-electron chi connectivity index (χ3n) is 3.03. The van der Waals surface area contributed by atoms with Crippen LogP contribution in [0.3, 0.4) is 0 Å². The summed E-state index contributed by atoms with van der Waals surface area (Å²) in [7, 11) is 0. The van der Waals surface area contributed by atoms with Crippen molar-refractivity contribution in [1.82, 2.24) is 0 Å². The minimum atomic E-state index is 1.24. The van der Waals surface area contributed by atoms with Crippen LogP contribution in [0, 0.1) is 6.07 Å². The zero-order chi connectivity index (χ0) is 11.9. The molecule has 1 aliphatic rings. The third-order valence-corrected chi connectivity index (χ3v) is 5.50. The van der Waals surface area contributed by atoms with E-state index in [1.807, 2.05) is 29.6 Å². The van der Waals surface area contributed by atoms with E-state index in [2.05, 4.69) is 54.6 Å². The van der Waals surface area contributed by atoms with Crippen molar-refractivity contribution < 1.29 is 0 Å². The van der Waals surface area contributed by atoms with Crippen LogP contribution >= 0.6 is 23.5 Å². The van der Waals surface area contributed by atoms with Gasteiger partial charge in [-0.2, -0.15) is 0 Å². The molecule has 0 N–H and O–H groups in total. The lowest BCUT2D eigenvalue weighted by molar-refractivity contribution is 1.16. The van der Waals surface area contributed by atoms with Crippen LogP contribution in [0.15, 0.2) is 74.2 Å². The van der Waals surface area contributed by atoms with Crippen molar-refractivity contribution in [3.63, 3.8) is 0 Å². The van der Waals surface area contributed by atoms with E-state index in [0.29, 0.717) is 0 Å². The predicted octanol–water partition coefficient (Wildman–Crippen LogP) is 5.26. The third kappa shape index (κ3) is 1.64. The summed E-state index contributed by atoms with van der Waals surface area (Å²) in [6.07, 6.45) is 0. The molecule has 0 atom stereocenters. The van der Waals surface area contributed by atoms with E-state index in [9.17, 15) is 0 Å². The van der Waals surface area contributed by atoms with Gasteiger partial charge in [-0.25, -0.2) is 0 Å². The Kier molecular flexibility index (Phi) is 2.39. The van der Waals surface area contributed by atoms with Crippen LogP contribution in [0.4, 0.5) is 0 Å². The van der Waals surface area contributed by atoms with Crippen LogP contribution in [0.5, 0.6) is 0 Å². The second-order valence-electron chi connectivity index (χ2n) is 4.21. The fourth-order valence-electron chi connectivity index (χ4n) is 2.15. The van der Waals surface area contributed by atoms with Gasteiger partial charge in [0.2, 0.25) is 0 Å². The second-order valence-corrected chi connectivity index (χ2v) is 6.35. The van der Waals surface area contributed by atoms with Gasteiger partial charge in [0, 0.05) is 19.6 Å². The van der Waals surface area contributed by atoms with Crippen molar-refractivity contribution in [3.8, 4) is 0 Å². The minimum absolute atomic E-state index is 1.24. The first-order chi connectivity index (χ1) is 8.90. The fraction of sp³-hybridized carbons (Fsp3) is 0. The van der Waals surface area contributed by atoms with Gasteiger partial charge in [0.05, 0.1) is 0 Å². The zero-order valence-corrected chi connectivity index (χ0v) is 11.1. The number of benzene rings is 3. The highest BCUT2D eigenvalue weighted by molar-refractivity contribution is 8.05. The van der Waals surface area contributed by atoms with Crippen molar-refractivity contribution >= 4 is 34.3 Å². The molecule has 0 fully saturated rings. The van der Waals surface area contributed by atoms with E-state index in [1.54, 1.807) is 0 Å². The maximum absolute atomic E-state index is 3.32. The molecule has 0 bridgehead atoms. The highest BCUT2D eigenvalue weighted by Crippen LogP contribution is 2.49. The van der Waals surface area contributed by atoms with Gasteiger partial charge in [-0.15, -0.1) is 0 Å². The van der Waals surface area contributed by atoms with Crippen molar-refractivity contribution in [2.24, 2.45) is 0 Å². The Labute approximate surface area is 114 Å². The molecule has 0 amide bonds. The normalized spacial score (nSPS) is 13.1. The first kappa shape index (κ1) is 10.5. The van der Waals surface area contributed by atoms with E-state index in [0.717, 1.165) is 0 Å². The lowest BCUT2D eigenvalue weighted by atomic mass is 10.1. The van der Waals surface area contributed by atoms with Gasteiger partial charge < -0.3 is 0 Å². The molecule has 1 radical (unpaired) electrons. The van der Waals surface area contributed by atoms with Gasteiger partial charge in [0.1, 0.15) is 0 Å². The lowest BCUT2D eigenvalue weighted by Gasteiger charge is -2.18. The van der Waals surface area contributed by atoms with Crippen molar-refractivity contribution in [2.45, 2.75) is 19.6 Å². The molecule has 1 aliphatic heterocycles. The van der Waals surface area contributed by atoms with Gasteiger partial charge in [-0.05, 0) is 35.0 Å². The van der Waals surface area contributed by atoms with Gasteiger partial charge in [-0.3, -0.25) is 0 Å². The van der Waals surface area contributed by atoms with Crippen molar-refractivity contribution in [2.75, 3.05) is 0 Å². The smallest absolute Gasteiger partial charge is 0.0341 e. The summed E-state index contributed by atoms with van der Waals surface area (Å²) in [5.41, 5.74) is 0. The van der Waals surface area contributed by atoms with Crippen molar-refractivity contribution in [3.05, 3.63) is 60.7 Å². The standard InChI is InChI=1S/C16H9S2/c1-2-6-12-10-16-15(9-11(12)5-1)17-13-7-3-4-8-14(13)18-16/h1-7,9-10H. The SMILES string of the molecule is [c]1cccc2c1Sc1cc3ccccc3cc1S2. The molecular formula is C16H9S2. The summed E-state index contributed by atoms with van der Waals surface area (Å²) in [5.74, 6) is 0. The number of hydrogen-bond donors (Lipinski definition) is 0. The maximum Gasteiger partial charge on any atom is 0.0341 e. The van der Waals surface area contributed by atoms with E-state index in [4.69, 9.17) is 0 Å². The fourth-order valence-corrected chi connectivity index (χ4v) is 4.39. The molecule has 0 aliphatic carbocycles. The zero-order valence-electron chi connectivity index (χ0n) is 9.51. The monoisotopic (exact) mass is 265 g/mol. The molecule has 0 aromatic heterocycles. The molecule has 3 aromatic rings. The second kappa shape index (κ2) is 4.08. The first-order valence-electron chi connectivity index (χ1n) is 5.79. The summed E-state index contributed by atoms with van der Waals surface area (Å²) in [6.45, 7) is 0. The van der Waals surface area contributed by atoms with Crippen LogP contribution in [0.25, 0.3) is 10.8 Å². The Morgan fingerprint density at radius 2 is 1.44 bits per heavy atom. The van der Waals surface area contributed by atoms with E-state index < -0.39 is 0 Å².